The third-order valence-corrected chi connectivity index (χ3v) is 8.52. The van der Waals surface area contributed by atoms with Crippen molar-refractivity contribution in [1.82, 2.24) is 15.1 Å². The van der Waals surface area contributed by atoms with E-state index in [9.17, 15) is 9.18 Å². The van der Waals surface area contributed by atoms with Gasteiger partial charge in [-0.1, -0.05) is 61.0 Å². The summed E-state index contributed by atoms with van der Waals surface area (Å²) in [5.74, 6) is 1.02. The van der Waals surface area contributed by atoms with Gasteiger partial charge in [-0.05, 0) is 109 Å². The number of aromatic nitrogens is 2. The summed E-state index contributed by atoms with van der Waals surface area (Å²) in [5.41, 5.74) is 6.35. The SMILES string of the molecule is O=C(/C=C/CCCCOc1ccc(/C(=C(\c2ccccc2)C2CCC2)c2ccc3n[nH]c(F)c3c2)cc1)N1CCCC1. The summed E-state index contributed by atoms with van der Waals surface area (Å²) in [6, 6.07) is 24.7. The van der Waals surface area contributed by atoms with Gasteiger partial charge in [0.15, 0.2) is 0 Å². The molecule has 1 saturated heterocycles. The van der Waals surface area contributed by atoms with Gasteiger partial charge in [0.05, 0.1) is 17.5 Å². The van der Waals surface area contributed by atoms with Crippen LogP contribution < -0.4 is 4.74 Å². The molecule has 5 nitrogen and oxygen atoms in total. The first-order valence-corrected chi connectivity index (χ1v) is 15.3. The molecule has 0 unspecified atom stereocenters. The summed E-state index contributed by atoms with van der Waals surface area (Å²) in [4.78, 5) is 14.0. The minimum Gasteiger partial charge on any atom is -0.494 e. The van der Waals surface area contributed by atoms with E-state index in [-0.39, 0.29) is 5.91 Å². The Morgan fingerprint density at radius 1 is 0.929 bits per heavy atom. The molecule has 42 heavy (non-hydrogen) atoms. The number of amides is 1. The Balaban J connectivity index is 1.18. The van der Waals surface area contributed by atoms with Crippen molar-refractivity contribution in [2.75, 3.05) is 19.7 Å². The molecule has 1 aliphatic carbocycles. The van der Waals surface area contributed by atoms with Gasteiger partial charge in [-0.15, -0.1) is 0 Å². The number of hydrogen-bond acceptors (Lipinski definition) is 3. The van der Waals surface area contributed by atoms with Gasteiger partial charge in [0.2, 0.25) is 11.9 Å². The molecule has 2 fully saturated rings. The Morgan fingerprint density at radius 3 is 2.43 bits per heavy atom. The minimum absolute atomic E-state index is 0.139. The number of likely N-dealkylation sites (tertiary alicyclic amines) is 1. The van der Waals surface area contributed by atoms with Gasteiger partial charge >= 0.3 is 0 Å². The summed E-state index contributed by atoms with van der Waals surface area (Å²) in [6.45, 7) is 2.41. The molecule has 0 atom stereocenters. The fourth-order valence-corrected chi connectivity index (χ4v) is 6.01. The van der Waals surface area contributed by atoms with Crippen LogP contribution in [0.15, 0.2) is 84.9 Å². The van der Waals surface area contributed by atoms with E-state index >= 15 is 0 Å². The normalized spacial score (nSPS) is 16.2. The van der Waals surface area contributed by atoms with Crippen LogP contribution in [0.3, 0.4) is 0 Å². The molecule has 3 aromatic carbocycles. The van der Waals surface area contributed by atoms with Gasteiger partial charge in [-0.3, -0.25) is 9.89 Å². The number of rotatable bonds is 11. The average molecular weight is 564 g/mol. The van der Waals surface area contributed by atoms with Crippen molar-refractivity contribution >= 4 is 28.0 Å². The molecule has 1 saturated carbocycles. The van der Waals surface area contributed by atoms with E-state index in [4.69, 9.17) is 4.74 Å². The molecule has 6 rings (SSSR count). The monoisotopic (exact) mass is 563 g/mol. The van der Waals surface area contributed by atoms with E-state index in [1.807, 2.05) is 41.3 Å². The number of nitrogens with zero attached hydrogens (tertiary/aromatic N) is 2. The lowest BCUT2D eigenvalue weighted by Crippen LogP contribution is -2.25. The van der Waals surface area contributed by atoms with Crippen LogP contribution >= 0.6 is 0 Å². The summed E-state index contributed by atoms with van der Waals surface area (Å²) in [5, 5.41) is 7.07. The van der Waals surface area contributed by atoms with Crippen LogP contribution in [0, 0.1) is 11.9 Å². The topological polar surface area (TPSA) is 58.2 Å². The first-order chi connectivity index (χ1) is 20.7. The van der Waals surface area contributed by atoms with Gasteiger partial charge in [0.1, 0.15) is 5.75 Å². The maximum Gasteiger partial charge on any atom is 0.246 e. The zero-order valence-corrected chi connectivity index (χ0v) is 24.0. The largest absolute Gasteiger partial charge is 0.494 e. The van der Waals surface area contributed by atoms with E-state index < -0.39 is 5.95 Å². The molecule has 0 spiro atoms. The van der Waals surface area contributed by atoms with Crippen LogP contribution in [0.5, 0.6) is 5.75 Å². The Kier molecular flexibility index (Phi) is 8.78. The lowest BCUT2D eigenvalue weighted by Gasteiger charge is -2.31. The second-order valence-electron chi connectivity index (χ2n) is 11.4. The van der Waals surface area contributed by atoms with Crippen molar-refractivity contribution in [2.24, 2.45) is 5.92 Å². The van der Waals surface area contributed by atoms with E-state index in [1.165, 1.54) is 17.6 Å². The summed E-state index contributed by atoms with van der Waals surface area (Å²) in [6.07, 6.45) is 12.2. The van der Waals surface area contributed by atoms with Crippen molar-refractivity contribution in [1.29, 1.82) is 0 Å². The number of benzene rings is 3. The molecular weight excluding hydrogens is 525 g/mol. The third kappa shape index (κ3) is 6.33. The Morgan fingerprint density at radius 2 is 1.69 bits per heavy atom. The Hall–Kier alpha value is -4.19. The number of ether oxygens (including phenoxy) is 1. The lowest BCUT2D eigenvalue weighted by molar-refractivity contribution is -0.125. The highest BCUT2D eigenvalue weighted by molar-refractivity contribution is 6.01. The molecule has 216 valence electrons. The first kappa shape index (κ1) is 28.0. The maximum absolute atomic E-state index is 14.5. The molecule has 1 aliphatic heterocycles. The van der Waals surface area contributed by atoms with Crippen LogP contribution in [-0.4, -0.2) is 40.7 Å². The number of hydrogen-bond donors (Lipinski definition) is 1. The Labute approximate surface area is 247 Å². The fourth-order valence-electron chi connectivity index (χ4n) is 6.01. The number of H-pyrrole nitrogens is 1. The van der Waals surface area contributed by atoms with E-state index in [0.717, 1.165) is 80.5 Å². The van der Waals surface area contributed by atoms with Gasteiger partial charge in [-0.2, -0.15) is 9.49 Å². The number of aromatic amines is 1. The smallest absolute Gasteiger partial charge is 0.246 e. The lowest BCUT2D eigenvalue weighted by atomic mass is 9.73. The number of fused-ring (bicyclic) bond motifs is 1. The number of nitrogens with one attached hydrogen (secondary N) is 1. The molecule has 1 N–H and O–H groups in total. The number of carbonyl (C=O) groups excluding carboxylic acids is 1. The molecule has 1 aromatic heterocycles. The fraction of sp³-hybridized carbons (Fsp3) is 0.333. The van der Waals surface area contributed by atoms with Crippen molar-refractivity contribution < 1.29 is 13.9 Å². The molecule has 0 radical (unpaired) electrons. The zero-order chi connectivity index (χ0) is 28.7. The van der Waals surface area contributed by atoms with Crippen molar-refractivity contribution in [3.05, 3.63) is 108 Å². The molecule has 6 heteroatoms. The van der Waals surface area contributed by atoms with Crippen molar-refractivity contribution in [3.8, 4) is 5.75 Å². The molecular formula is C36H38FN3O2. The predicted octanol–water partition coefficient (Wildman–Crippen LogP) is 8.19. The highest BCUT2D eigenvalue weighted by Crippen LogP contribution is 2.45. The molecule has 0 bridgehead atoms. The van der Waals surface area contributed by atoms with E-state index in [1.54, 1.807) is 6.08 Å². The Bertz CT molecular complexity index is 1560. The summed E-state index contributed by atoms with van der Waals surface area (Å²) >= 11 is 0. The maximum atomic E-state index is 14.5. The first-order valence-electron chi connectivity index (χ1n) is 15.3. The third-order valence-electron chi connectivity index (χ3n) is 8.52. The highest BCUT2D eigenvalue weighted by Gasteiger charge is 2.27. The van der Waals surface area contributed by atoms with Crippen LogP contribution in [-0.2, 0) is 4.79 Å². The van der Waals surface area contributed by atoms with Crippen LogP contribution in [0.25, 0.3) is 22.0 Å². The molecule has 2 heterocycles. The standard InChI is InChI=1S/C36H38FN3O2/c37-36-31-25-29(18-21-32(31)38-39-36)35(34(27-13-10-14-27)26-11-4-3-5-12-26)28-16-19-30(20-17-28)42-24-9-2-1-6-15-33(41)40-22-7-8-23-40/h3-6,11-12,15-21,25,27H,1-2,7-10,13-14,22-24H2,(H,38,39)/b15-6+,35-34-. The second-order valence-corrected chi connectivity index (χ2v) is 11.4. The van der Waals surface area contributed by atoms with Gasteiger partial charge in [0.25, 0.3) is 0 Å². The number of carbonyl (C=O) groups is 1. The van der Waals surface area contributed by atoms with Gasteiger partial charge in [0, 0.05) is 13.1 Å². The van der Waals surface area contributed by atoms with Gasteiger partial charge < -0.3 is 9.64 Å². The highest BCUT2D eigenvalue weighted by atomic mass is 19.1. The van der Waals surface area contributed by atoms with Crippen molar-refractivity contribution in [3.63, 3.8) is 0 Å². The van der Waals surface area contributed by atoms with Crippen molar-refractivity contribution in [2.45, 2.75) is 51.4 Å². The quantitative estimate of drug-likeness (QED) is 0.114. The number of unbranched alkanes of at least 4 members (excludes halogenated alkanes) is 2. The van der Waals surface area contributed by atoms with Crippen LogP contribution in [0.4, 0.5) is 4.39 Å². The molecule has 1 amide bonds. The van der Waals surface area contributed by atoms with Gasteiger partial charge in [-0.25, -0.2) is 0 Å². The average Bonchev–Trinajstić information content (AvgIpc) is 3.67. The van der Waals surface area contributed by atoms with Crippen LogP contribution in [0.1, 0.15) is 68.1 Å². The molecule has 2 aliphatic rings. The minimum atomic E-state index is -0.409. The number of allylic oxidation sites excluding steroid dienone is 2. The zero-order valence-electron chi connectivity index (χ0n) is 24.0. The van der Waals surface area contributed by atoms with E-state index in [2.05, 4.69) is 52.7 Å². The predicted molar refractivity (Wildman–Crippen MR) is 166 cm³/mol. The number of halogens is 1. The molecule has 4 aromatic rings. The van der Waals surface area contributed by atoms with Crippen LogP contribution in [0.2, 0.25) is 0 Å². The summed E-state index contributed by atoms with van der Waals surface area (Å²) < 4.78 is 20.6. The summed E-state index contributed by atoms with van der Waals surface area (Å²) in [7, 11) is 0. The van der Waals surface area contributed by atoms with E-state index in [0.29, 0.717) is 23.4 Å². The second kappa shape index (κ2) is 13.2.